The number of benzene rings is 1. The fourth-order valence-corrected chi connectivity index (χ4v) is 2.82. The first kappa shape index (κ1) is 16.0. The zero-order chi connectivity index (χ0) is 14.9. The van der Waals surface area contributed by atoms with Crippen LogP contribution in [0.4, 0.5) is 0 Å². The van der Waals surface area contributed by atoms with Gasteiger partial charge in [-0.15, -0.1) is 0 Å². The Hall–Kier alpha value is -1.35. The van der Waals surface area contributed by atoms with Crippen LogP contribution in [-0.2, 0) is 11.2 Å². The number of unbranched alkanes of at least 4 members (excludes halogenated alkanes) is 3. The normalized spacial score (nSPS) is 16.1. The van der Waals surface area contributed by atoms with Crippen molar-refractivity contribution in [3.63, 3.8) is 0 Å². The lowest BCUT2D eigenvalue weighted by Crippen LogP contribution is -2.47. The lowest BCUT2D eigenvalue weighted by atomic mass is 10.1. The molecule has 1 saturated heterocycles. The Bertz CT molecular complexity index is 410. The number of nitrogens with zero attached hydrogens (tertiary/aromatic N) is 2. The molecule has 0 saturated carbocycles. The van der Waals surface area contributed by atoms with Crippen LogP contribution in [0.2, 0.25) is 0 Å². The molecule has 3 nitrogen and oxygen atoms in total. The maximum absolute atomic E-state index is 12.1. The van der Waals surface area contributed by atoms with E-state index in [0.29, 0.717) is 5.91 Å². The van der Waals surface area contributed by atoms with Crippen molar-refractivity contribution >= 4 is 5.91 Å². The van der Waals surface area contributed by atoms with Gasteiger partial charge in [0.05, 0.1) is 0 Å². The van der Waals surface area contributed by atoms with Crippen LogP contribution in [0, 0.1) is 0 Å². The van der Waals surface area contributed by atoms with Crippen molar-refractivity contribution < 1.29 is 4.79 Å². The van der Waals surface area contributed by atoms with E-state index >= 15 is 0 Å². The fraction of sp³-hybridized carbons (Fsp3) is 0.611. The quantitative estimate of drug-likeness (QED) is 0.720. The van der Waals surface area contributed by atoms with Crippen molar-refractivity contribution in [2.75, 3.05) is 33.2 Å². The zero-order valence-electron chi connectivity index (χ0n) is 13.3. The Labute approximate surface area is 128 Å². The summed E-state index contributed by atoms with van der Waals surface area (Å²) in [6, 6.07) is 10.6. The number of carbonyl (C=O) groups excluding carboxylic acids is 1. The van der Waals surface area contributed by atoms with Crippen molar-refractivity contribution in [1.29, 1.82) is 0 Å². The predicted molar refractivity (Wildman–Crippen MR) is 87.3 cm³/mol. The fourth-order valence-electron chi connectivity index (χ4n) is 2.82. The molecule has 0 N–H and O–H groups in total. The van der Waals surface area contributed by atoms with Crippen LogP contribution in [0.3, 0.4) is 0 Å². The van der Waals surface area contributed by atoms with E-state index in [0.717, 1.165) is 45.4 Å². The Balaban J connectivity index is 1.50. The first-order chi connectivity index (χ1) is 10.3. The molecule has 0 unspecified atom stereocenters. The molecule has 1 aliphatic rings. The van der Waals surface area contributed by atoms with Gasteiger partial charge in [0, 0.05) is 32.6 Å². The maximum Gasteiger partial charge on any atom is 0.222 e. The molecule has 1 heterocycles. The van der Waals surface area contributed by atoms with Crippen molar-refractivity contribution in [3.05, 3.63) is 35.9 Å². The summed E-state index contributed by atoms with van der Waals surface area (Å²) in [5.41, 5.74) is 1.42. The van der Waals surface area contributed by atoms with E-state index < -0.39 is 0 Å². The number of aryl methyl sites for hydroxylation is 1. The lowest BCUT2D eigenvalue weighted by Gasteiger charge is -2.32. The topological polar surface area (TPSA) is 23.6 Å². The standard InChI is InChI=1S/C18H28N2O/c1-19-13-15-20(16-14-19)18(21)12-8-3-2-5-9-17-10-6-4-7-11-17/h4,6-7,10-11H,2-3,5,8-9,12-16H2,1H3. The number of carbonyl (C=O) groups is 1. The van der Waals surface area contributed by atoms with Gasteiger partial charge in [0.2, 0.25) is 5.91 Å². The van der Waals surface area contributed by atoms with Gasteiger partial charge in [-0.05, 0) is 31.9 Å². The van der Waals surface area contributed by atoms with E-state index in [1.165, 1.54) is 24.8 Å². The highest BCUT2D eigenvalue weighted by atomic mass is 16.2. The SMILES string of the molecule is CN1CCN(C(=O)CCCCCCc2ccccc2)CC1. The maximum atomic E-state index is 12.1. The van der Waals surface area contributed by atoms with Crippen LogP contribution in [0.5, 0.6) is 0 Å². The third kappa shape index (κ3) is 5.88. The van der Waals surface area contributed by atoms with Crippen LogP contribution in [0.25, 0.3) is 0 Å². The summed E-state index contributed by atoms with van der Waals surface area (Å²) in [5, 5.41) is 0. The second kappa shape index (κ2) is 8.83. The summed E-state index contributed by atoms with van der Waals surface area (Å²) in [5.74, 6) is 0.353. The first-order valence-corrected chi connectivity index (χ1v) is 8.26. The van der Waals surface area contributed by atoms with E-state index in [2.05, 4.69) is 42.3 Å². The summed E-state index contributed by atoms with van der Waals surface area (Å²) in [6.45, 7) is 3.85. The van der Waals surface area contributed by atoms with Gasteiger partial charge in [-0.1, -0.05) is 43.2 Å². The smallest absolute Gasteiger partial charge is 0.222 e. The summed E-state index contributed by atoms with van der Waals surface area (Å²) in [7, 11) is 2.12. The van der Waals surface area contributed by atoms with Crippen molar-refractivity contribution in [1.82, 2.24) is 9.80 Å². The van der Waals surface area contributed by atoms with Gasteiger partial charge in [-0.2, -0.15) is 0 Å². The Morgan fingerprint density at radius 3 is 2.33 bits per heavy atom. The number of piperazine rings is 1. The molecule has 21 heavy (non-hydrogen) atoms. The average molecular weight is 288 g/mol. The molecule has 2 rings (SSSR count). The van der Waals surface area contributed by atoms with E-state index in [-0.39, 0.29) is 0 Å². The predicted octanol–water partition coefficient (Wildman–Crippen LogP) is 2.95. The third-order valence-corrected chi connectivity index (χ3v) is 4.30. The molecule has 116 valence electrons. The molecule has 1 aromatic carbocycles. The first-order valence-electron chi connectivity index (χ1n) is 8.26. The molecule has 1 fully saturated rings. The molecule has 0 spiro atoms. The van der Waals surface area contributed by atoms with Crippen molar-refractivity contribution in [2.45, 2.75) is 38.5 Å². The average Bonchev–Trinajstić information content (AvgIpc) is 2.52. The highest BCUT2D eigenvalue weighted by molar-refractivity contribution is 5.76. The van der Waals surface area contributed by atoms with Gasteiger partial charge in [-0.3, -0.25) is 4.79 Å². The molecule has 1 aliphatic heterocycles. The van der Waals surface area contributed by atoms with Gasteiger partial charge in [0.15, 0.2) is 0 Å². The lowest BCUT2D eigenvalue weighted by molar-refractivity contribution is -0.132. The Morgan fingerprint density at radius 2 is 1.62 bits per heavy atom. The van der Waals surface area contributed by atoms with Crippen molar-refractivity contribution in [2.24, 2.45) is 0 Å². The van der Waals surface area contributed by atoms with Gasteiger partial charge in [-0.25, -0.2) is 0 Å². The van der Waals surface area contributed by atoms with Crippen LogP contribution in [-0.4, -0.2) is 48.9 Å². The molecular formula is C18H28N2O. The van der Waals surface area contributed by atoms with Gasteiger partial charge in [0.25, 0.3) is 0 Å². The van der Waals surface area contributed by atoms with E-state index in [4.69, 9.17) is 0 Å². The monoisotopic (exact) mass is 288 g/mol. The molecule has 0 atom stereocenters. The number of hydrogen-bond acceptors (Lipinski definition) is 2. The Morgan fingerprint density at radius 1 is 0.952 bits per heavy atom. The number of hydrogen-bond donors (Lipinski definition) is 0. The zero-order valence-corrected chi connectivity index (χ0v) is 13.3. The Kier molecular flexibility index (Phi) is 6.74. The largest absolute Gasteiger partial charge is 0.340 e. The summed E-state index contributed by atoms with van der Waals surface area (Å²) in [4.78, 5) is 16.4. The molecule has 1 amide bonds. The summed E-state index contributed by atoms with van der Waals surface area (Å²) in [6.07, 6.45) is 6.56. The van der Waals surface area contributed by atoms with Crippen LogP contribution in [0.15, 0.2) is 30.3 Å². The number of likely N-dealkylation sites (N-methyl/N-ethyl adjacent to an activating group) is 1. The van der Waals surface area contributed by atoms with Crippen LogP contribution < -0.4 is 0 Å². The van der Waals surface area contributed by atoms with E-state index in [1.807, 2.05) is 4.90 Å². The van der Waals surface area contributed by atoms with Crippen LogP contribution in [0.1, 0.15) is 37.7 Å². The molecule has 0 bridgehead atoms. The van der Waals surface area contributed by atoms with Gasteiger partial charge >= 0.3 is 0 Å². The second-order valence-electron chi connectivity index (χ2n) is 6.08. The summed E-state index contributed by atoms with van der Waals surface area (Å²) >= 11 is 0. The highest BCUT2D eigenvalue weighted by Gasteiger charge is 2.18. The molecule has 0 aromatic heterocycles. The molecular weight excluding hydrogens is 260 g/mol. The minimum absolute atomic E-state index is 0.353. The van der Waals surface area contributed by atoms with Crippen LogP contribution >= 0.6 is 0 Å². The molecule has 0 radical (unpaired) electrons. The molecule has 1 aromatic rings. The summed E-state index contributed by atoms with van der Waals surface area (Å²) < 4.78 is 0. The minimum Gasteiger partial charge on any atom is -0.340 e. The minimum atomic E-state index is 0.353. The van der Waals surface area contributed by atoms with Gasteiger partial charge in [0.1, 0.15) is 0 Å². The van der Waals surface area contributed by atoms with Crippen molar-refractivity contribution in [3.8, 4) is 0 Å². The second-order valence-corrected chi connectivity index (χ2v) is 6.08. The third-order valence-electron chi connectivity index (χ3n) is 4.30. The number of amides is 1. The van der Waals surface area contributed by atoms with Gasteiger partial charge < -0.3 is 9.80 Å². The number of rotatable bonds is 7. The van der Waals surface area contributed by atoms with E-state index in [1.54, 1.807) is 0 Å². The highest BCUT2D eigenvalue weighted by Crippen LogP contribution is 2.10. The molecule has 3 heteroatoms. The molecule has 0 aliphatic carbocycles. The van der Waals surface area contributed by atoms with E-state index in [9.17, 15) is 4.79 Å².